The quantitative estimate of drug-likeness (QED) is 0.727. The van der Waals surface area contributed by atoms with Gasteiger partial charge in [0.15, 0.2) is 5.82 Å². The molecule has 0 saturated heterocycles. The van der Waals surface area contributed by atoms with E-state index >= 15 is 0 Å². The zero-order valence-corrected chi connectivity index (χ0v) is 7.64. The number of hydrogen-bond acceptors (Lipinski definition) is 4. The lowest BCUT2D eigenvalue weighted by molar-refractivity contribution is -0.137. The van der Waals surface area contributed by atoms with E-state index in [1.165, 1.54) is 0 Å². The number of hydrogen-bond donors (Lipinski definition) is 1. The van der Waals surface area contributed by atoms with Gasteiger partial charge in [0.2, 0.25) is 0 Å². The molecular formula is C8H11N3O3. The van der Waals surface area contributed by atoms with Crippen LogP contribution in [0.3, 0.4) is 0 Å². The Morgan fingerprint density at radius 1 is 1.57 bits per heavy atom. The number of carboxylic acid groups (broad SMARTS) is 1. The van der Waals surface area contributed by atoms with Gasteiger partial charge in [0, 0.05) is 13.0 Å². The summed E-state index contributed by atoms with van der Waals surface area (Å²) >= 11 is 0. The van der Waals surface area contributed by atoms with Gasteiger partial charge in [-0.05, 0) is 0 Å². The number of fused-ring (bicyclic) bond motifs is 1. The first-order valence-corrected chi connectivity index (χ1v) is 4.48. The van der Waals surface area contributed by atoms with Crippen LogP contribution in [0.2, 0.25) is 0 Å². The third-order valence-electron chi connectivity index (χ3n) is 2.16. The summed E-state index contributed by atoms with van der Waals surface area (Å²) in [6.45, 7) is 1.84. The van der Waals surface area contributed by atoms with Crippen LogP contribution in [0, 0.1) is 0 Å². The summed E-state index contributed by atoms with van der Waals surface area (Å²) in [5.74, 6) is 0.719. The Kier molecular flexibility index (Phi) is 2.45. The zero-order chi connectivity index (χ0) is 9.97. The van der Waals surface area contributed by atoms with Crippen molar-refractivity contribution in [2.45, 2.75) is 26.0 Å². The lowest BCUT2D eigenvalue weighted by atomic mass is 10.3. The van der Waals surface area contributed by atoms with Crippen molar-refractivity contribution in [3.8, 4) is 0 Å². The molecule has 2 rings (SSSR count). The Balaban J connectivity index is 2.10. The van der Waals surface area contributed by atoms with Gasteiger partial charge in [-0.3, -0.25) is 4.79 Å². The van der Waals surface area contributed by atoms with Crippen molar-refractivity contribution in [1.82, 2.24) is 14.8 Å². The Morgan fingerprint density at radius 2 is 2.43 bits per heavy atom. The third kappa shape index (κ3) is 1.74. The molecule has 2 heterocycles. The average Bonchev–Trinajstić information content (AvgIpc) is 2.58. The van der Waals surface area contributed by atoms with E-state index in [2.05, 4.69) is 10.2 Å². The molecule has 76 valence electrons. The highest BCUT2D eigenvalue weighted by atomic mass is 16.5. The van der Waals surface area contributed by atoms with Gasteiger partial charge in [0.25, 0.3) is 0 Å². The topological polar surface area (TPSA) is 77.2 Å². The molecule has 6 nitrogen and oxygen atoms in total. The molecule has 0 bridgehead atoms. The summed E-state index contributed by atoms with van der Waals surface area (Å²) in [4.78, 5) is 10.4. The molecule has 0 spiro atoms. The Hall–Kier alpha value is -1.43. The van der Waals surface area contributed by atoms with Gasteiger partial charge in [0.05, 0.1) is 13.0 Å². The molecule has 0 fully saturated rings. The lowest BCUT2D eigenvalue weighted by Gasteiger charge is -2.14. The highest BCUT2D eigenvalue weighted by Crippen LogP contribution is 2.10. The van der Waals surface area contributed by atoms with Crippen molar-refractivity contribution < 1.29 is 14.6 Å². The number of aryl methyl sites for hydroxylation is 1. The van der Waals surface area contributed by atoms with Crippen LogP contribution in [0.25, 0.3) is 0 Å². The molecule has 6 heteroatoms. The largest absolute Gasteiger partial charge is 0.481 e. The molecule has 0 radical (unpaired) electrons. The molecule has 1 aliphatic heterocycles. The first-order valence-electron chi connectivity index (χ1n) is 4.48. The number of ether oxygens (including phenoxy) is 1. The van der Waals surface area contributed by atoms with Gasteiger partial charge in [-0.25, -0.2) is 0 Å². The fourth-order valence-corrected chi connectivity index (χ4v) is 1.46. The average molecular weight is 197 g/mol. The molecule has 1 aromatic rings. The summed E-state index contributed by atoms with van der Waals surface area (Å²) in [5, 5.41) is 16.4. The summed E-state index contributed by atoms with van der Waals surface area (Å²) in [6, 6.07) is 0. The monoisotopic (exact) mass is 197 g/mol. The number of carboxylic acids is 1. The van der Waals surface area contributed by atoms with Crippen molar-refractivity contribution in [2.24, 2.45) is 0 Å². The minimum Gasteiger partial charge on any atom is -0.481 e. The molecule has 1 N–H and O–H groups in total. The van der Waals surface area contributed by atoms with E-state index in [-0.39, 0.29) is 6.42 Å². The van der Waals surface area contributed by atoms with Gasteiger partial charge in [-0.2, -0.15) is 0 Å². The molecule has 0 unspecified atom stereocenters. The second kappa shape index (κ2) is 3.75. The first kappa shape index (κ1) is 9.14. The number of aromatic nitrogens is 3. The van der Waals surface area contributed by atoms with Gasteiger partial charge in [-0.1, -0.05) is 0 Å². The highest BCUT2D eigenvalue weighted by Gasteiger charge is 2.16. The number of carbonyl (C=O) groups is 1. The molecule has 1 aromatic heterocycles. The maximum Gasteiger partial charge on any atom is 0.303 e. The molecule has 1 aliphatic rings. The maximum absolute atomic E-state index is 10.4. The lowest BCUT2D eigenvalue weighted by Crippen LogP contribution is -2.19. The van der Waals surface area contributed by atoms with Crippen LogP contribution in [-0.2, 0) is 29.1 Å². The molecule has 0 saturated carbocycles. The minimum absolute atomic E-state index is 0.0962. The highest BCUT2D eigenvalue weighted by molar-refractivity contribution is 5.66. The SMILES string of the molecule is O=C(O)CCc1nnc2n1CCOC2. The Bertz CT molecular complexity index is 348. The number of aliphatic carboxylic acids is 1. The van der Waals surface area contributed by atoms with E-state index < -0.39 is 5.97 Å². The molecular weight excluding hydrogens is 186 g/mol. The molecule has 0 amide bonds. The predicted molar refractivity (Wildman–Crippen MR) is 45.6 cm³/mol. The second-order valence-corrected chi connectivity index (χ2v) is 3.13. The van der Waals surface area contributed by atoms with Crippen molar-refractivity contribution in [3.63, 3.8) is 0 Å². The van der Waals surface area contributed by atoms with Crippen molar-refractivity contribution in [2.75, 3.05) is 6.61 Å². The predicted octanol–water partition coefficient (Wildman–Crippen LogP) is -0.175. The summed E-state index contributed by atoms with van der Waals surface area (Å²) in [5.41, 5.74) is 0. The standard InChI is InChI=1S/C8H11N3O3/c12-8(13)2-1-6-9-10-7-5-14-4-3-11(6)7/h1-5H2,(H,12,13). The minimum atomic E-state index is -0.811. The third-order valence-corrected chi connectivity index (χ3v) is 2.16. The van der Waals surface area contributed by atoms with E-state index in [0.717, 1.165) is 18.2 Å². The summed E-state index contributed by atoms with van der Waals surface area (Å²) in [6.07, 6.45) is 0.529. The van der Waals surface area contributed by atoms with E-state index in [0.29, 0.717) is 19.6 Å². The molecule has 0 aromatic carbocycles. The van der Waals surface area contributed by atoms with Crippen molar-refractivity contribution >= 4 is 5.97 Å². The van der Waals surface area contributed by atoms with Crippen LogP contribution < -0.4 is 0 Å². The van der Waals surface area contributed by atoms with Crippen LogP contribution >= 0.6 is 0 Å². The smallest absolute Gasteiger partial charge is 0.303 e. The Labute approximate surface area is 80.5 Å². The van der Waals surface area contributed by atoms with E-state index in [9.17, 15) is 4.79 Å². The Morgan fingerprint density at radius 3 is 3.21 bits per heavy atom. The molecule has 14 heavy (non-hydrogen) atoms. The van der Waals surface area contributed by atoms with Gasteiger partial charge in [-0.15, -0.1) is 10.2 Å². The normalized spacial score (nSPS) is 15.1. The van der Waals surface area contributed by atoms with Gasteiger partial charge in [0.1, 0.15) is 12.4 Å². The van der Waals surface area contributed by atoms with Crippen LogP contribution in [-0.4, -0.2) is 32.4 Å². The first-order chi connectivity index (χ1) is 6.77. The summed E-state index contributed by atoms with van der Waals surface area (Å²) < 4.78 is 7.13. The fourth-order valence-electron chi connectivity index (χ4n) is 1.46. The van der Waals surface area contributed by atoms with Crippen LogP contribution in [0.15, 0.2) is 0 Å². The van der Waals surface area contributed by atoms with Gasteiger partial charge >= 0.3 is 5.97 Å². The summed E-state index contributed by atoms with van der Waals surface area (Å²) in [7, 11) is 0. The maximum atomic E-state index is 10.4. The zero-order valence-electron chi connectivity index (χ0n) is 7.64. The fraction of sp³-hybridized carbons (Fsp3) is 0.625. The van der Waals surface area contributed by atoms with Crippen LogP contribution in [0.1, 0.15) is 18.1 Å². The number of rotatable bonds is 3. The van der Waals surface area contributed by atoms with Crippen LogP contribution in [0.5, 0.6) is 0 Å². The van der Waals surface area contributed by atoms with Crippen molar-refractivity contribution in [1.29, 1.82) is 0 Å². The van der Waals surface area contributed by atoms with Crippen molar-refractivity contribution in [3.05, 3.63) is 11.6 Å². The van der Waals surface area contributed by atoms with E-state index in [4.69, 9.17) is 9.84 Å². The van der Waals surface area contributed by atoms with E-state index in [1.807, 2.05) is 4.57 Å². The molecule has 0 atom stereocenters. The number of nitrogens with zero attached hydrogens (tertiary/aromatic N) is 3. The van der Waals surface area contributed by atoms with E-state index in [1.54, 1.807) is 0 Å². The second-order valence-electron chi connectivity index (χ2n) is 3.13. The van der Waals surface area contributed by atoms with Gasteiger partial charge < -0.3 is 14.4 Å². The molecule has 0 aliphatic carbocycles. The van der Waals surface area contributed by atoms with Crippen LogP contribution in [0.4, 0.5) is 0 Å².